The zero-order valence-corrected chi connectivity index (χ0v) is 21.2. The van der Waals surface area contributed by atoms with Gasteiger partial charge in [-0.05, 0) is 0 Å². The lowest BCUT2D eigenvalue weighted by molar-refractivity contribution is -0.237. The van der Waals surface area contributed by atoms with Crippen molar-refractivity contribution in [3.63, 3.8) is 0 Å². The fraction of sp³-hybridized carbons (Fsp3) is 0.417. The highest BCUT2D eigenvalue weighted by atomic mass is 32.2. The molecule has 2 N–H and O–H groups in total. The Morgan fingerprint density at radius 1 is 0.811 bits per heavy atom. The molecule has 1 aliphatic carbocycles. The van der Waals surface area contributed by atoms with E-state index in [1.165, 1.54) is 12.1 Å². The number of allylic oxidation sites excluding steroid dienone is 2. The SMILES string of the molecule is CC(=O)OC[C@H]1O[C@@H](SC2=C(N)C(=O)c3ccccc3C2=O)[C@H](OC(C)=O)[C@@H](OC(C)=O)[C@@H]1OC(C)=O. The third-order valence-corrected chi connectivity index (χ3v) is 6.55. The van der Waals surface area contributed by atoms with Gasteiger partial charge >= 0.3 is 23.9 Å². The summed E-state index contributed by atoms with van der Waals surface area (Å²) >= 11 is 0.677. The van der Waals surface area contributed by atoms with Gasteiger partial charge in [-0.2, -0.15) is 0 Å². The fourth-order valence-electron chi connectivity index (χ4n) is 3.89. The number of carbonyl (C=O) groups is 6. The Bertz CT molecular complexity index is 1180. The van der Waals surface area contributed by atoms with E-state index in [0.29, 0.717) is 11.8 Å². The van der Waals surface area contributed by atoms with E-state index < -0.39 is 71.9 Å². The van der Waals surface area contributed by atoms with Crippen molar-refractivity contribution in [2.75, 3.05) is 6.61 Å². The van der Waals surface area contributed by atoms with Crippen molar-refractivity contribution in [2.45, 2.75) is 57.5 Å². The first-order valence-electron chi connectivity index (χ1n) is 11.1. The lowest BCUT2D eigenvalue weighted by Gasteiger charge is -2.44. The molecule has 1 heterocycles. The molecule has 1 saturated heterocycles. The number of carbonyl (C=O) groups excluding carboxylic acids is 6. The van der Waals surface area contributed by atoms with Crippen LogP contribution in [0.25, 0.3) is 0 Å². The molecule has 0 spiro atoms. The smallest absolute Gasteiger partial charge is 0.303 e. The first-order valence-corrected chi connectivity index (χ1v) is 11.9. The molecule has 0 saturated carbocycles. The summed E-state index contributed by atoms with van der Waals surface area (Å²) in [5.41, 5.74) is 4.65. The summed E-state index contributed by atoms with van der Waals surface area (Å²) in [5, 5.41) is 0. The van der Waals surface area contributed by atoms with Crippen molar-refractivity contribution in [3.8, 4) is 0 Å². The van der Waals surface area contributed by atoms with Gasteiger partial charge in [0.25, 0.3) is 0 Å². The second kappa shape index (κ2) is 11.6. The van der Waals surface area contributed by atoms with Crippen LogP contribution in [0.2, 0.25) is 0 Å². The second-order valence-corrected chi connectivity index (χ2v) is 9.24. The van der Waals surface area contributed by atoms with Gasteiger partial charge in [0.05, 0.1) is 10.6 Å². The Morgan fingerprint density at radius 2 is 1.32 bits per heavy atom. The van der Waals surface area contributed by atoms with Gasteiger partial charge in [0.2, 0.25) is 11.6 Å². The highest BCUT2D eigenvalue weighted by molar-refractivity contribution is 8.04. The number of hydrogen-bond acceptors (Lipinski definition) is 13. The molecule has 1 fully saturated rings. The number of fused-ring (bicyclic) bond motifs is 1. The first-order chi connectivity index (χ1) is 17.4. The molecule has 3 rings (SSSR count). The molecule has 0 unspecified atom stereocenters. The maximum Gasteiger partial charge on any atom is 0.303 e. The summed E-state index contributed by atoms with van der Waals surface area (Å²) in [5.74, 6) is -4.18. The van der Waals surface area contributed by atoms with Crippen LogP contribution in [0.4, 0.5) is 0 Å². The molecule has 12 nitrogen and oxygen atoms in total. The van der Waals surface area contributed by atoms with E-state index in [0.717, 1.165) is 27.7 Å². The van der Waals surface area contributed by atoms with E-state index >= 15 is 0 Å². The van der Waals surface area contributed by atoms with E-state index in [1.54, 1.807) is 12.1 Å². The Morgan fingerprint density at radius 3 is 1.86 bits per heavy atom. The van der Waals surface area contributed by atoms with E-state index in [2.05, 4.69) is 0 Å². The number of rotatable bonds is 7. The van der Waals surface area contributed by atoms with Crippen LogP contribution in [0.3, 0.4) is 0 Å². The average molecular weight is 536 g/mol. The summed E-state index contributed by atoms with van der Waals surface area (Å²) < 4.78 is 27.1. The van der Waals surface area contributed by atoms with E-state index in [-0.39, 0.29) is 21.7 Å². The van der Waals surface area contributed by atoms with Gasteiger partial charge in [-0.3, -0.25) is 28.8 Å². The molecule has 5 atom stereocenters. The average Bonchev–Trinajstić information content (AvgIpc) is 2.81. The lowest BCUT2D eigenvalue weighted by atomic mass is 9.93. The molecule has 1 aromatic carbocycles. The van der Waals surface area contributed by atoms with Crippen LogP contribution in [-0.4, -0.2) is 71.9 Å². The first kappa shape index (κ1) is 27.9. The third-order valence-electron chi connectivity index (χ3n) is 5.29. The quantitative estimate of drug-likeness (QED) is 0.388. The van der Waals surface area contributed by atoms with E-state index in [4.69, 9.17) is 29.4 Å². The van der Waals surface area contributed by atoms with Gasteiger partial charge in [-0.1, -0.05) is 36.0 Å². The number of nitrogens with two attached hydrogens (primary N) is 1. The third kappa shape index (κ3) is 6.35. The standard InChI is InChI=1S/C24H25NO11S/c1-10(26)32-9-16-20(33-11(2)27)21(34-12(3)28)22(35-13(4)29)24(36-16)37-23-17(25)18(30)14-7-5-6-8-15(14)19(23)31/h5-8,16,20-22,24H,9,25H2,1-4H3/t16-,20-,21+,22-,24+/m1/s1. The molecule has 37 heavy (non-hydrogen) atoms. The lowest BCUT2D eigenvalue weighted by Crippen LogP contribution is -2.61. The summed E-state index contributed by atoms with van der Waals surface area (Å²) in [6.07, 6.45) is -5.38. The monoisotopic (exact) mass is 535 g/mol. The molecular formula is C24H25NO11S. The van der Waals surface area contributed by atoms with E-state index in [9.17, 15) is 28.8 Å². The van der Waals surface area contributed by atoms with Crippen molar-refractivity contribution in [1.29, 1.82) is 0 Å². The summed E-state index contributed by atoms with van der Waals surface area (Å²) in [4.78, 5) is 73.2. The summed E-state index contributed by atoms with van der Waals surface area (Å²) in [6, 6.07) is 6.12. The number of ether oxygens (including phenoxy) is 5. The van der Waals surface area contributed by atoms with Crippen molar-refractivity contribution < 1.29 is 52.5 Å². The molecule has 198 valence electrons. The van der Waals surface area contributed by atoms with E-state index in [1.807, 2.05) is 0 Å². The normalized spacial score (nSPS) is 25.1. The maximum absolute atomic E-state index is 13.2. The Labute approximate surface area is 215 Å². The molecule has 1 aliphatic heterocycles. The Balaban J connectivity index is 2.06. The second-order valence-electron chi connectivity index (χ2n) is 8.13. The summed E-state index contributed by atoms with van der Waals surface area (Å²) in [6.45, 7) is 4.01. The maximum atomic E-state index is 13.2. The van der Waals surface area contributed by atoms with Gasteiger partial charge in [-0.15, -0.1) is 0 Å². The Hall–Kier alpha value is -3.71. The number of esters is 4. The molecule has 0 amide bonds. The summed E-state index contributed by atoms with van der Waals surface area (Å²) in [7, 11) is 0. The molecular weight excluding hydrogens is 510 g/mol. The van der Waals surface area contributed by atoms with Crippen molar-refractivity contribution in [1.82, 2.24) is 0 Å². The van der Waals surface area contributed by atoms with Crippen LogP contribution in [-0.2, 0) is 42.9 Å². The van der Waals surface area contributed by atoms with Crippen LogP contribution < -0.4 is 5.73 Å². The molecule has 13 heteroatoms. The van der Waals surface area contributed by atoms with Crippen LogP contribution in [0.5, 0.6) is 0 Å². The minimum atomic E-state index is -1.42. The number of Topliss-reactive ketones (excluding diaryl/α,β-unsaturated/α-hetero) is 2. The molecule has 1 aromatic rings. The van der Waals surface area contributed by atoms with Crippen LogP contribution in [0.15, 0.2) is 34.9 Å². The van der Waals surface area contributed by atoms with Crippen molar-refractivity contribution in [3.05, 3.63) is 46.0 Å². The predicted octanol–water partition coefficient (Wildman–Crippen LogP) is 1.05. The molecule has 0 radical (unpaired) electrons. The number of ketones is 2. The zero-order valence-electron chi connectivity index (χ0n) is 20.4. The molecule has 0 aromatic heterocycles. The van der Waals surface area contributed by atoms with Gasteiger partial charge < -0.3 is 29.4 Å². The van der Waals surface area contributed by atoms with Crippen LogP contribution >= 0.6 is 11.8 Å². The minimum absolute atomic E-state index is 0.120. The largest absolute Gasteiger partial charge is 0.463 e. The van der Waals surface area contributed by atoms with Gasteiger partial charge in [0.1, 0.15) is 18.1 Å². The zero-order chi connectivity index (χ0) is 27.4. The van der Waals surface area contributed by atoms with Crippen molar-refractivity contribution >= 4 is 47.2 Å². The number of thioether (sulfide) groups is 1. The van der Waals surface area contributed by atoms with Crippen LogP contribution in [0.1, 0.15) is 48.4 Å². The highest BCUT2D eigenvalue weighted by Gasteiger charge is 2.53. The van der Waals surface area contributed by atoms with Gasteiger partial charge in [0.15, 0.2) is 18.3 Å². The predicted molar refractivity (Wildman–Crippen MR) is 126 cm³/mol. The number of hydrogen-bond donors (Lipinski definition) is 1. The highest BCUT2D eigenvalue weighted by Crippen LogP contribution is 2.40. The van der Waals surface area contributed by atoms with Crippen molar-refractivity contribution in [2.24, 2.45) is 5.73 Å². The fourth-order valence-corrected chi connectivity index (χ4v) is 5.10. The topological polar surface area (TPSA) is 175 Å². The molecule has 2 aliphatic rings. The Kier molecular flexibility index (Phi) is 8.71. The minimum Gasteiger partial charge on any atom is -0.463 e. The van der Waals surface area contributed by atoms with Gasteiger partial charge in [-0.25, -0.2) is 0 Å². The van der Waals surface area contributed by atoms with Crippen LogP contribution in [0, 0.1) is 0 Å². The molecule has 0 bridgehead atoms. The van der Waals surface area contributed by atoms with Gasteiger partial charge in [0, 0.05) is 38.8 Å². The number of benzene rings is 1.